The summed E-state index contributed by atoms with van der Waals surface area (Å²) in [6.07, 6.45) is -4.47. The molecule has 0 radical (unpaired) electrons. The van der Waals surface area contributed by atoms with Crippen LogP contribution in [0.15, 0.2) is 66.7 Å². The summed E-state index contributed by atoms with van der Waals surface area (Å²) in [7, 11) is 0. The quantitative estimate of drug-likeness (QED) is 0.324. The fraction of sp³-hybridized carbons (Fsp3) is 0.130. The Morgan fingerprint density at radius 2 is 1.71 bits per heavy atom. The normalized spacial score (nSPS) is 11.6. The van der Waals surface area contributed by atoms with Crippen LogP contribution in [0.25, 0.3) is 10.2 Å². The van der Waals surface area contributed by atoms with Crippen LogP contribution in [-0.4, -0.2) is 10.9 Å². The highest BCUT2D eigenvalue weighted by molar-refractivity contribution is 7.23. The molecule has 0 spiro atoms. The summed E-state index contributed by atoms with van der Waals surface area (Å²) in [6, 6.07) is 17.2. The lowest BCUT2D eigenvalue weighted by atomic mass is 10.1. The maximum atomic E-state index is 13.3. The maximum absolute atomic E-state index is 13.3. The molecule has 0 aliphatic heterocycles. The summed E-state index contributed by atoms with van der Waals surface area (Å²) < 4.78 is 39.5. The van der Waals surface area contributed by atoms with Crippen LogP contribution in [-0.2, 0) is 12.7 Å². The lowest BCUT2D eigenvalue weighted by molar-refractivity contribution is -0.137. The molecule has 31 heavy (non-hydrogen) atoms. The van der Waals surface area contributed by atoms with Gasteiger partial charge in [0.05, 0.1) is 27.3 Å². The molecule has 4 aromatic rings. The van der Waals surface area contributed by atoms with Crippen molar-refractivity contribution in [2.24, 2.45) is 0 Å². The molecule has 4 rings (SSSR count). The standard InChI is InChI=1S/C23H16ClF3N2OS/c1-14-7-12-18(24)20-19(14)28-22(31-20)29(13-15-5-3-2-4-6-15)21(30)16-8-10-17(11-9-16)23(25,26)27/h2-12H,13H2,1H3. The van der Waals surface area contributed by atoms with Crippen LogP contribution in [0.2, 0.25) is 5.02 Å². The summed E-state index contributed by atoms with van der Waals surface area (Å²) in [5.74, 6) is -0.439. The number of carbonyl (C=O) groups excluding carboxylic acids is 1. The fourth-order valence-electron chi connectivity index (χ4n) is 3.16. The number of alkyl halides is 3. The number of rotatable bonds is 4. The van der Waals surface area contributed by atoms with Crippen molar-refractivity contribution in [2.75, 3.05) is 4.90 Å². The van der Waals surface area contributed by atoms with Crippen molar-refractivity contribution in [1.29, 1.82) is 0 Å². The van der Waals surface area contributed by atoms with Crippen LogP contribution in [0.5, 0.6) is 0 Å². The van der Waals surface area contributed by atoms with Crippen molar-refractivity contribution in [3.05, 3.63) is 94.0 Å². The average Bonchev–Trinajstić information content (AvgIpc) is 3.21. The molecule has 0 saturated heterocycles. The number of hydrogen-bond donors (Lipinski definition) is 0. The van der Waals surface area contributed by atoms with E-state index in [4.69, 9.17) is 11.6 Å². The minimum absolute atomic E-state index is 0.144. The second-order valence-electron chi connectivity index (χ2n) is 6.99. The summed E-state index contributed by atoms with van der Waals surface area (Å²) in [5.41, 5.74) is 1.83. The Morgan fingerprint density at radius 3 is 2.32 bits per heavy atom. The first-order chi connectivity index (χ1) is 14.7. The minimum Gasteiger partial charge on any atom is -0.279 e. The summed E-state index contributed by atoms with van der Waals surface area (Å²) in [5, 5.41) is 0.964. The Morgan fingerprint density at radius 1 is 1.03 bits per heavy atom. The molecule has 1 aromatic heterocycles. The van der Waals surface area contributed by atoms with Crippen LogP contribution in [0.3, 0.4) is 0 Å². The van der Waals surface area contributed by atoms with E-state index in [0.717, 1.165) is 28.0 Å². The number of amides is 1. The summed E-state index contributed by atoms with van der Waals surface area (Å²) in [4.78, 5) is 19.4. The van der Waals surface area contributed by atoms with E-state index in [9.17, 15) is 18.0 Å². The van der Waals surface area contributed by atoms with Gasteiger partial charge in [-0.3, -0.25) is 9.69 Å². The minimum atomic E-state index is -4.47. The zero-order valence-corrected chi connectivity index (χ0v) is 17.9. The molecule has 0 atom stereocenters. The number of aromatic nitrogens is 1. The largest absolute Gasteiger partial charge is 0.416 e. The van der Waals surface area contributed by atoms with Crippen molar-refractivity contribution >= 4 is 44.2 Å². The summed E-state index contributed by atoms with van der Waals surface area (Å²) >= 11 is 7.60. The number of anilines is 1. The highest BCUT2D eigenvalue weighted by Crippen LogP contribution is 2.37. The first kappa shape index (κ1) is 21.3. The van der Waals surface area contributed by atoms with E-state index in [1.165, 1.54) is 28.4 Å². The Balaban J connectivity index is 1.77. The molecule has 0 fully saturated rings. The third kappa shape index (κ3) is 4.43. The fourth-order valence-corrected chi connectivity index (χ4v) is 4.47. The van der Waals surface area contributed by atoms with Crippen molar-refractivity contribution in [1.82, 2.24) is 4.98 Å². The predicted octanol–water partition coefficient (Wildman–Crippen LogP) is 7.12. The second kappa shape index (κ2) is 8.32. The Kier molecular flexibility index (Phi) is 5.73. The molecule has 0 bridgehead atoms. The number of halogens is 4. The lowest BCUT2D eigenvalue weighted by Crippen LogP contribution is -2.30. The molecule has 0 aliphatic carbocycles. The molecule has 0 N–H and O–H groups in total. The molecule has 3 nitrogen and oxygen atoms in total. The number of thiazole rings is 1. The van der Waals surface area contributed by atoms with Crippen molar-refractivity contribution in [3.63, 3.8) is 0 Å². The Bertz CT molecular complexity index is 1200. The van der Waals surface area contributed by atoms with Gasteiger partial charge < -0.3 is 0 Å². The lowest BCUT2D eigenvalue weighted by Gasteiger charge is -2.20. The zero-order chi connectivity index (χ0) is 22.2. The smallest absolute Gasteiger partial charge is 0.279 e. The van der Waals surface area contributed by atoms with E-state index in [-0.39, 0.29) is 12.1 Å². The molecule has 3 aromatic carbocycles. The highest BCUT2D eigenvalue weighted by Gasteiger charge is 2.31. The number of benzene rings is 3. The van der Waals surface area contributed by atoms with E-state index >= 15 is 0 Å². The van der Waals surface area contributed by atoms with Gasteiger partial charge >= 0.3 is 6.18 Å². The van der Waals surface area contributed by atoms with E-state index < -0.39 is 17.6 Å². The van der Waals surface area contributed by atoms with Gasteiger partial charge in [-0.25, -0.2) is 4.98 Å². The number of carbonyl (C=O) groups is 1. The molecule has 0 saturated carbocycles. The zero-order valence-electron chi connectivity index (χ0n) is 16.3. The SMILES string of the molecule is Cc1ccc(Cl)c2sc(N(Cc3ccccc3)C(=O)c3ccc(C(F)(F)F)cc3)nc12. The maximum Gasteiger partial charge on any atom is 0.416 e. The topological polar surface area (TPSA) is 33.2 Å². The van der Waals surface area contributed by atoms with Crippen LogP contribution in [0, 0.1) is 6.92 Å². The molecule has 8 heteroatoms. The van der Waals surface area contributed by atoms with Gasteiger partial charge in [0, 0.05) is 5.56 Å². The van der Waals surface area contributed by atoms with Gasteiger partial charge in [-0.15, -0.1) is 0 Å². The molecule has 1 amide bonds. The average molecular weight is 461 g/mol. The number of aryl methyl sites for hydroxylation is 1. The van der Waals surface area contributed by atoms with Gasteiger partial charge in [-0.05, 0) is 48.4 Å². The first-order valence-corrected chi connectivity index (χ1v) is 10.5. The second-order valence-corrected chi connectivity index (χ2v) is 8.38. The Hall–Kier alpha value is -2.90. The van der Waals surface area contributed by atoms with E-state index in [1.54, 1.807) is 6.07 Å². The molecular weight excluding hydrogens is 445 g/mol. The molecular formula is C23H16ClF3N2OS. The van der Waals surface area contributed by atoms with Crippen LogP contribution < -0.4 is 4.90 Å². The number of nitrogens with zero attached hydrogens (tertiary/aromatic N) is 2. The summed E-state index contributed by atoms with van der Waals surface area (Å²) in [6.45, 7) is 2.12. The molecule has 158 valence electrons. The molecule has 0 unspecified atom stereocenters. The highest BCUT2D eigenvalue weighted by atomic mass is 35.5. The van der Waals surface area contributed by atoms with Gasteiger partial charge in [0.25, 0.3) is 5.91 Å². The van der Waals surface area contributed by atoms with E-state index in [2.05, 4.69) is 4.98 Å². The van der Waals surface area contributed by atoms with E-state index in [1.807, 2.05) is 43.3 Å². The van der Waals surface area contributed by atoms with Crippen LogP contribution in [0.1, 0.15) is 27.0 Å². The van der Waals surface area contributed by atoms with Crippen molar-refractivity contribution in [3.8, 4) is 0 Å². The monoisotopic (exact) mass is 460 g/mol. The van der Waals surface area contributed by atoms with Gasteiger partial charge in [0.15, 0.2) is 5.13 Å². The van der Waals surface area contributed by atoms with Gasteiger partial charge in [-0.1, -0.05) is 59.3 Å². The first-order valence-electron chi connectivity index (χ1n) is 9.33. The Labute approximate surface area is 185 Å². The van der Waals surface area contributed by atoms with Crippen LogP contribution >= 0.6 is 22.9 Å². The van der Waals surface area contributed by atoms with Crippen LogP contribution in [0.4, 0.5) is 18.3 Å². The van der Waals surface area contributed by atoms with Crippen molar-refractivity contribution in [2.45, 2.75) is 19.6 Å². The predicted molar refractivity (Wildman–Crippen MR) is 118 cm³/mol. The molecule has 1 heterocycles. The third-order valence-corrected chi connectivity index (χ3v) is 6.34. The number of fused-ring (bicyclic) bond motifs is 1. The van der Waals surface area contributed by atoms with Gasteiger partial charge in [-0.2, -0.15) is 13.2 Å². The molecule has 0 aliphatic rings. The van der Waals surface area contributed by atoms with Gasteiger partial charge in [0.1, 0.15) is 0 Å². The van der Waals surface area contributed by atoms with Crippen molar-refractivity contribution < 1.29 is 18.0 Å². The van der Waals surface area contributed by atoms with Gasteiger partial charge in [0.2, 0.25) is 0 Å². The third-order valence-electron chi connectivity index (χ3n) is 4.80. The van der Waals surface area contributed by atoms with E-state index in [0.29, 0.717) is 15.7 Å². The number of hydrogen-bond acceptors (Lipinski definition) is 3.